The van der Waals surface area contributed by atoms with Crippen LogP contribution in [0, 0.1) is 0 Å². The third kappa shape index (κ3) is 4.40. The summed E-state index contributed by atoms with van der Waals surface area (Å²) in [6.07, 6.45) is 2.96. The van der Waals surface area contributed by atoms with Crippen molar-refractivity contribution in [2.24, 2.45) is 0 Å². The summed E-state index contributed by atoms with van der Waals surface area (Å²) in [5.41, 5.74) is 0.892. The number of hydrogen-bond donors (Lipinski definition) is 1. The topological polar surface area (TPSA) is 85.6 Å². The number of hydrogen-bond acceptors (Lipinski definition) is 6. The number of aromatic nitrogens is 3. The molecular formula is C19H12Cl2N4O3S. The van der Waals surface area contributed by atoms with Crippen molar-refractivity contribution >= 4 is 57.2 Å². The van der Waals surface area contributed by atoms with Gasteiger partial charge < -0.3 is 10.1 Å². The van der Waals surface area contributed by atoms with Gasteiger partial charge in [-0.25, -0.2) is 4.98 Å². The Morgan fingerprint density at radius 3 is 2.69 bits per heavy atom. The third-order valence-electron chi connectivity index (χ3n) is 3.87. The zero-order chi connectivity index (χ0) is 20.4. The van der Waals surface area contributed by atoms with Gasteiger partial charge in [-0.15, -0.1) is 0 Å². The molecule has 0 atom stereocenters. The molecule has 0 spiro atoms. The van der Waals surface area contributed by atoms with Gasteiger partial charge in [0, 0.05) is 21.3 Å². The second-order valence-corrected chi connectivity index (χ2v) is 7.78. The van der Waals surface area contributed by atoms with E-state index in [1.165, 1.54) is 22.2 Å². The minimum Gasteiger partial charge on any atom is -0.483 e. The van der Waals surface area contributed by atoms with E-state index in [0.717, 1.165) is 0 Å². The van der Waals surface area contributed by atoms with Crippen LogP contribution in [0.1, 0.15) is 5.56 Å². The largest absolute Gasteiger partial charge is 0.483 e. The lowest BCUT2D eigenvalue weighted by molar-refractivity contribution is -0.118. The fourth-order valence-electron chi connectivity index (χ4n) is 2.56. The highest BCUT2D eigenvalue weighted by Crippen LogP contribution is 2.24. The Labute approximate surface area is 178 Å². The molecule has 0 unspecified atom stereocenters. The van der Waals surface area contributed by atoms with Gasteiger partial charge in [0.2, 0.25) is 4.96 Å². The van der Waals surface area contributed by atoms with Crippen molar-refractivity contribution in [3.8, 4) is 5.75 Å². The molecule has 0 aliphatic rings. The zero-order valence-corrected chi connectivity index (χ0v) is 17.0. The zero-order valence-electron chi connectivity index (χ0n) is 14.6. The normalized spacial score (nSPS) is 11.7. The van der Waals surface area contributed by atoms with Gasteiger partial charge in [-0.1, -0.05) is 34.5 Å². The van der Waals surface area contributed by atoms with E-state index in [1.807, 2.05) is 0 Å². The molecular weight excluding hydrogens is 435 g/mol. The van der Waals surface area contributed by atoms with Crippen LogP contribution in [0.5, 0.6) is 5.75 Å². The first-order valence-electron chi connectivity index (χ1n) is 8.31. The number of benzene rings is 2. The Balaban J connectivity index is 1.55. The highest BCUT2D eigenvalue weighted by atomic mass is 35.5. The summed E-state index contributed by atoms with van der Waals surface area (Å²) in [6, 6.07) is 11.7. The Morgan fingerprint density at radius 2 is 1.93 bits per heavy atom. The predicted molar refractivity (Wildman–Crippen MR) is 113 cm³/mol. The summed E-state index contributed by atoms with van der Waals surface area (Å²) in [7, 11) is 0. The first kappa shape index (κ1) is 19.4. The van der Waals surface area contributed by atoms with E-state index in [1.54, 1.807) is 48.5 Å². The molecule has 0 bridgehead atoms. The predicted octanol–water partition coefficient (Wildman–Crippen LogP) is 3.02. The minimum atomic E-state index is -0.337. The van der Waals surface area contributed by atoms with Crippen LogP contribution in [0.3, 0.4) is 0 Å². The average molecular weight is 447 g/mol. The fraction of sp³-hybridized carbons (Fsp3) is 0.0526. The molecule has 0 aliphatic carbocycles. The van der Waals surface area contributed by atoms with Crippen molar-refractivity contribution in [2.45, 2.75) is 0 Å². The number of nitrogens with one attached hydrogen (secondary N) is 1. The minimum absolute atomic E-state index is 0.218. The number of fused-ring (bicyclic) bond motifs is 1. The number of nitrogens with zero attached hydrogens (tertiary/aromatic N) is 3. The molecule has 146 valence electrons. The smallest absolute Gasteiger partial charge is 0.291 e. The molecule has 4 rings (SSSR count). The molecule has 10 heteroatoms. The summed E-state index contributed by atoms with van der Waals surface area (Å²) in [5, 5.41) is 7.66. The van der Waals surface area contributed by atoms with Crippen LogP contribution in [-0.2, 0) is 4.79 Å². The standard InChI is InChI=1S/C19H12Cl2N4O3S/c20-12-1-4-14(5-2-12)24-17(26)9-28-15-6-3-13(21)7-11(15)8-16-18(27)25-19(29-16)22-10-23-25/h1-8,10H,9H2,(H,24,26)/b16-8-. The van der Waals surface area contributed by atoms with E-state index < -0.39 is 0 Å². The number of carbonyl (C=O) groups is 1. The number of carbonyl (C=O) groups excluding carboxylic acids is 1. The van der Waals surface area contributed by atoms with Crippen molar-refractivity contribution in [3.63, 3.8) is 0 Å². The average Bonchev–Trinajstić information content (AvgIpc) is 3.26. The maximum absolute atomic E-state index is 12.4. The molecule has 1 N–H and O–H groups in total. The summed E-state index contributed by atoms with van der Waals surface area (Å²) < 4.78 is 7.31. The fourth-order valence-corrected chi connectivity index (χ4v) is 3.74. The van der Waals surface area contributed by atoms with Crippen LogP contribution < -0.4 is 20.1 Å². The Bertz CT molecular complexity index is 1300. The van der Waals surface area contributed by atoms with E-state index in [-0.39, 0.29) is 18.1 Å². The van der Waals surface area contributed by atoms with E-state index >= 15 is 0 Å². The number of ether oxygens (including phenoxy) is 1. The maximum atomic E-state index is 12.4. The van der Waals surface area contributed by atoms with E-state index in [0.29, 0.717) is 36.5 Å². The van der Waals surface area contributed by atoms with Gasteiger partial charge in [0.1, 0.15) is 12.1 Å². The van der Waals surface area contributed by atoms with Crippen LogP contribution in [0.4, 0.5) is 5.69 Å². The highest BCUT2D eigenvalue weighted by Gasteiger charge is 2.10. The van der Waals surface area contributed by atoms with Gasteiger partial charge in [0.05, 0.1) is 4.53 Å². The van der Waals surface area contributed by atoms with Crippen molar-refractivity contribution in [1.29, 1.82) is 0 Å². The van der Waals surface area contributed by atoms with Crippen molar-refractivity contribution in [3.05, 3.63) is 79.3 Å². The highest BCUT2D eigenvalue weighted by molar-refractivity contribution is 7.15. The van der Waals surface area contributed by atoms with Crippen LogP contribution >= 0.6 is 34.5 Å². The second-order valence-electron chi connectivity index (χ2n) is 5.90. The van der Waals surface area contributed by atoms with Crippen LogP contribution in [0.25, 0.3) is 11.0 Å². The number of thiazole rings is 1. The molecule has 1 amide bonds. The molecule has 4 aromatic rings. The lowest BCUT2D eigenvalue weighted by Crippen LogP contribution is -2.24. The van der Waals surface area contributed by atoms with Gasteiger partial charge in [0.15, 0.2) is 6.61 Å². The molecule has 0 aliphatic heterocycles. The lowest BCUT2D eigenvalue weighted by atomic mass is 10.2. The summed E-state index contributed by atoms with van der Waals surface area (Å²) in [5.74, 6) is 0.0792. The van der Waals surface area contributed by atoms with Gasteiger partial charge in [-0.2, -0.15) is 9.61 Å². The van der Waals surface area contributed by atoms with Gasteiger partial charge in [0.25, 0.3) is 11.5 Å². The Hall–Kier alpha value is -2.94. The first-order chi connectivity index (χ1) is 14.0. The Kier molecular flexibility index (Phi) is 5.48. The third-order valence-corrected chi connectivity index (χ3v) is 5.33. The Morgan fingerprint density at radius 1 is 1.17 bits per heavy atom. The second kappa shape index (κ2) is 8.20. The molecule has 0 saturated heterocycles. The number of rotatable bonds is 5. The SMILES string of the molecule is O=C(COc1ccc(Cl)cc1/C=c1\sc2ncnn2c1=O)Nc1ccc(Cl)cc1. The molecule has 0 fully saturated rings. The van der Waals surface area contributed by atoms with E-state index in [2.05, 4.69) is 15.4 Å². The van der Waals surface area contributed by atoms with Gasteiger partial charge in [-0.05, 0) is 48.5 Å². The summed E-state index contributed by atoms with van der Waals surface area (Å²) in [4.78, 5) is 29.1. The number of halogens is 2. The van der Waals surface area contributed by atoms with E-state index in [9.17, 15) is 9.59 Å². The molecule has 2 aromatic heterocycles. The van der Waals surface area contributed by atoms with Gasteiger partial charge in [-0.3, -0.25) is 9.59 Å². The molecule has 29 heavy (non-hydrogen) atoms. The van der Waals surface area contributed by atoms with Crippen LogP contribution in [-0.4, -0.2) is 27.1 Å². The molecule has 7 nitrogen and oxygen atoms in total. The maximum Gasteiger partial charge on any atom is 0.291 e. The molecule has 0 radical (unpaired) electrons. The van der Waals surface area contributed by atoms with Crippen molar-refractivity contribution in [2.75, 3.05) is 11.9 Å². The number of amides is 1. The van der Waals surface area contributed by atoms with Crippen molar-refractivity contribution in [1.82, 2.24) is 14.6 Å². The lowest BCUT2D eigenvalue weighted by Gasteiger charge is -2.10. The molecule has 0 saturated carbocycles. The summed E-state index contributed by atoms with van der Waals surface area (Å²) >= 11 is 13.1. The van der Waals surface area contributed by atoms with Gasteiger partial charge >= 0.3 is 0 Å². The first-order valence-corrected chi connectivity index (χ1v) is 9.89. The summed E-state index contributed by atoms with van der Waals surface area (Å²) in [6.45, 7) is -0.218. The molecule has 2 aromatic carbocycles. The number of anilines is 1. The van der Waals surface area contributed by atoms with Crippen LogP contribution in [0.15, 0.2) is 53.6 Å². The van der Waals surface area contributed by atoms with Crippen molar-refractivity contribution < 1.29 is 9.53 Å². The monoisotopic (exact) mass is 446 g/mol. The van der Waals surface area contributed by atoms with Crippen LogP contribution in [0.2, 0.25) is 10.0 Å². The van der Waals surface area contributed by atoms with E-state index in [4.69, 9.17) is 27.9 Å². The molecule has 2 heterocycles. The quantitative estimate of drug-likeness (QED) is 0.509.